The number of aromatic nitrogens is 2. The van der Waals surface area contributed by atoms with Gasteiger partial charge in [0.15, 0.2) is 0 Å². The minimum atomic E-state index is 0.599. The molecule has 0 saturated heterocycles. The van der Waals surface area contributed by atoms with Gasteiger partial charge in [0.05, 0.1) is 15.2 Å². The lowest BCUT2D eigenvalue weighted by Crippen LogP contribution is -2.16. The number of halogens is 1. The van der Waals surface area contributed by atoms with Crippen LogP contribution in [0.1, 0.15) is 10.8 Å². The van der Waals surface area contributed by atoms with Crippen molar-refractivity contribution in [2.75, 3.05) is 7.05 Å². The Hall–Kier alpha value is -1.02. The van der Waals surface area contributed by atoms with E-state index >= 15 is 0 Å². The number of hydrogen-bond donors (Lipinski definition) is 0. The van der Waals surface area contributed by atoms with Crippen LogP contribution in [0.4, 0.5) is 0 Å². The lowest BCUT2D eigenvalue weighted by Gasteiger charge is -2.12. The van der Waals surface area contributed by atoms with E-state index in [1.807, 2.05) is 24.6 Å². The van der Waals surface area contributed by atoms with Crippen molar-refractivity contribution >= 4 is 38.6 Å². The van der Waals surface area contributed by atoms with Gasteiger partial charge in [-0.3, -0.25) is 4.90 Å². The van der Waals surface area contributed by atoms with Crippen LogP contribution in [-0.2, 0) is 13.1 Å². The maximum Gasteiger partial charge on any atom is 0.257 e. The Bertz CT molecular complexity index is 677. The van der Waals surface area contributed by atoms with Crippen molar-refractivity contribution in [2.24, 2.45) is 0 Å². The Morgan fingerprint density at radius 2 is 2.15 bits per heavy atom. The van der Waals surface area contributed by atoms with Gasteiger partial charge in [0.2, 0.25) is 5.89 Å². The Labute approximate surface area is 133 Å². The molecule has 0 aliphatic carbocycles. The van der Waals surface area contributed by atoms with Gasteiger partial charge >= 0.3 is 0 Å². The van der Waals surface area contributed by atoms with Crippen LogP contribution >= 0.6 is 38.6 Å². The Morgan fingerprint density at radius 3 is 2.85 bits per heavy atom. The first kappa shape index (κ1) is 13.9. The van der Waals surface area contributed by atoms with E-state index in [0.717, 1.165) is 15.2 Å². The van der Waals surface area contributed by atoms with Crippen molar-refractivity contribution in [2.45, 2.75) is 13.1 Å². The van der Waals surface area contributed by atoms with Gasteiger partial charge in [-0.25, -0.2) is 0 Å². The van der Waals surface area contributed by atoms with Gasteiger partial charge in [-0.15, -0.1) is 32.9 Å². The molecule has 0 aliphatic rings. The van der Waals surface area contributed by atoms with Crippen molar-refractivity contribution in [3.05, 3.63) is 44.2 Å². The molecule has 20 heavy (non-hydrogen) atoms. The van der Waals surface area contributed by atoms with Crippen molar-refractivity contribution in [3.63, 3.8) is 0 Å². The van der Waals surface area contributed by atoms with Crippen molar-refractivity contribution in [1.29, 1.82) is 0 Å². The van der Waals surface area contributed by atoms with E-state index in [-0.39, 0.29) is 0 Å². The van der Waals surface area contributed by atoms with E-state index in [2.05, 4.69) is 43.2 Å². The molecule has 3 aromatic rings. The first-order chi connectivity index (χ1) is 9.70. The lowest BCUT2D eigenvalue weighted by atomic mass is 10.4. The molecule has 0 bridgehead atoms. The molecule has 7 heteroatoms. The van der Waals surface area contributed by atoms with Crippen LogP contribution in [0, 0.1) is 0 Å². The third-order valence-corrected chi connectivity index (χ3v) is 5.12. The molecule has 0 unspecified atom stereocenters. The van der Waals surface area contributed by atoms with Crippen molar-refractivity contribution < 1.29 is 4.42 Å². The van der Waals surface area contributed by atoms with E-state index < -0.39 is 0 Å². The fraction of sp³-hybridized carbons (Fsp3) is 0.231. The highest BCUT2D eigenvalue weighted by atomic mass is 79.9. The van der Waals surface area contributed by atoms with E-state index in [9.17, 15) is 0 Å². The largest absolute Gasteiger partial charge is 0.419 e. The van der Waals surface area contributed by atoms with Gasteiger partial charge in [0.25, 0.3) is 5.89 Å². The quantitative estimate of drug-likeness (QED) is 0.673. The third-order valence-electron chi connectivity index (χ3n) is 2.66. The molecule has 0 radical (unpaired) electrons. The molecule has 3 heterocycles. The first-order valence-corrected chi connectivity index (χ1v) is 8.48. The zero-order valence-electron chi connectivity index (χ0n) is 10.7. The van der Waals surface area contributed by atoms with Gasteiger partial charge in [-0.2, -0.15) is 0 Å². The van der Waals surface area contributed by atoms with Crippen LogP contribution in [0.15, 0.2) is 37.8 Å². The summed E-state index contributed by atoms with van der Waals surface area (Å²) in [5.74, 6) is 1.24. The van der Waals surface area contributed by atoms with E-state index in [0.29, 0.717) is 18.3 Å². The van der Waals surface area contributed by atoms with Crippen LogP contribution in [0.5, 0.6) is 0 Å². The van der Waals surface area contributed by atoms with E-state index in [4.69, 9.17) is 4.42 Å². The summed E-state index contributed by atoms with van der Waals surface area (Å²) in [4.78, 5) is 4.47. The SMILES string of the molecule is CN(Cc1nnc(-c2cccs2)o1)Cc1ccc(Br)s1. The van der Waals surface area contributed by atoms with Crippen LogP contribution < -0.4 is 0 Å². The van der Waals surface area contributed by atoms with Crippen molar-refractivity contribution in [1.82, 2.24) is 15.1 Å². The van der Waals surface area contributed by atoms with Gasteiger partial charge in [-0.05, 0) is 46.6 Å². The summed E-state index contributed by atoms with van der Waals surface area (Å²) >= 11 is 6.81. The van der Waals surface area contributed by atoms with E-state index in [1.54, 1.807) is 22.7 Å². The molecule has 0 saturated carbocycles. The highest BCUT2D eigenvalue weighted by Gasteiger charge is 2.12. The smallest absolute Gasteiger partial charge is 0.257 e. The van der Waals surface area contributed by atoms with Gasteiger partial charge in [0, 0.05) is 11.4 Å². The monoisotopic (exact) mass is 369 g/mol. The topological polar surface area (TPSA) is 42.2 Å². The Balaban J connectivity index is 1.63. The first-order valence-electron chi connectivity index (χ1n) is 6.00. The second kappa shape index (κ2) is 6.17. The standard InChI is InChI=1S/C13H12BrN3OS2/c1-17(7-9-4-5-11(14)20-9)8-12-15-16-13(18-12)10-3-2-6-19-10/h2-6H,7-8H2,1H3. The summed E-state index contributed by atoms with van der Waals surface area (Å²) in [5.41, 5.74) is 0. The fourth-order valence-corrected chi connectivity index (χ4v) is 4.01. The molecule has 0 aliphatic heterocycles. The van der Waals surface area contributed by atoms with Crippen LogP contribution in [0.25, 0.3) is 10.8 Å². The average Bonchev–Trinajstić information content (AvgIpc) is 3.10. The number of nitrogens with zero attached hydrogens (tertiary/aromatic N) is 3. The predicted octanol–water partition coefficient (Wildman–Crippen LogP) is 4.25. The maximum absolute atomic E-state index is 5.68. The fourth-order valence-electron chi connectivity index (χ4n) is 1.81. The van der Waals surface area contributed by atoms with Crippen molar-refractivity contribution in [3.8, 4) is 10.8 Å². The molecule has 3 aromatic heterocycles. The Morgan fingerprint density at radius 1 is 1.25 bits per heavy atom. The molecule has 3 rings (SSSR count). The minimum Gasteiger partial charge on any atom is -0.419 e. The van der Waals surface area contributed by atoms with Gasteiger partial charge < -0.3 is 4.42 Å². The van der Waals surface area contributed by atoms with Crippen LogP contribution in [-0.4, -0.2) is 22.1 Å². The summed E-state index contributed by atoms with van der Waals surface area (Å²) in [6, 6.07) is 8.14. The molecule has 0 aromatic carbocycles. The molecular formula is C13H12BrN3OS2. The predicted molar refractivity (Wildman–Crippen MR) is 84.8 cm³/mol. The molecule has 0 N–H and O–H groups in total. The van der Waals surface area contributed by atoms with Crippen LogP contribution in [0.2, 0.25) is 0 Å². The highest BCUT2D eigenvalue weighted by molar-refractivity contribution is 9.11. The number of hydrogen-bond acceptors (Lipinski definition) is 6. The average molecular weight is 370 g/mol. The third kappa shape index (κ3) is 3.35. The molecule has 4 nitrogen and oxygen atoms in total. The highest BCUT2D eigenvalue weighted by Crippen LogP contribution is 2.25. The number of thiophene rings is 2. The minimum absolute atomic E-state index is 0.599. The van der Waals surface area contributed by atoms with Crippen LogP contribution in [0.3, 0.4) is 0 Å². The van der Waals surface area contributed by atoms with E-state index in [1.165, 1.54) is 4.88 Å². The molecule has 104 valence electrons. The summed E-state index contributed by atoms with van der Waals surface area (Å²) in [6.45, 7) is 1.51. The molecule has 0 atom stereocenters. The summed E-state index contributed by atoms with van der Waals surface area (Å²) in [7, 11) is 2.04. The maximum atomic E-state index is 5.68. The molecule has 0 fully saturated rings. The van der Waals surface area contributed by atoms with Gasteiger partial charge in [-0.1, -0.05) is 6.07 Å². The lowest BCUT2D eigenvalue weighted by molar-refractivity contribution is 0.285. The zero-order chi connectivity index (χ0) is 13.9. The molecule has 0 spiro atoms. The second-order valence-electron chi connectivity index (χ2n) is 4.36. The molecular weight excluding hydrogens is 358 g/mol. The summed E-state index contributed by atoms with van der Waals surface area (Å²) in [6.07, 6.45) is 0. The number of rotatable bonds is 5. The Kier molecular flexibility index (Phi) is 4.30. The summed E-state index contributed by atoms with van der Waals surface area (Å²) < 4.78 is 6.83. The normalized spacial score (nSPS) is 11.3. The zero-order valence-corrected chi connectivity index (χ0v) is 14.0. The van der Waals surface area contributed by atoms with Gasteiger partial charge in [0.1, 0.15) is 0 Å². The second-order valence-corrected chi connectivity index (χ2v) is 7.85. The molecule has 0 amide bonds. The summed E-state index contributed by atoms with van der Waals surface area (Å²) in [5, 5.41) is 10.2.